The second-order valence-corrected chi connectivity index (χ2v) is 8.86. The molecule has 192 valence electrons. The van der Waals surface area contributed by atoms with Crippen LogP contribution in [0.1, 0.15) is 36.5 Å². The molecule has 1 heterocycles. The number of carbonyl (C=O) groups excluding carboxylic acids is 1. The van der Waals surface area contributed by atoms with Gasteiger partial charge in [-0.05, 0) is 42.3 Å². The Morgan fingerprint density at radius 3 is 2.46 bits per heavy atom. The van der Waals surface area contributed by atoms with Crippen LogP contribution >= 0.6 is 0 Å². The fourth-order valence-electron chi connectivity index (χ4n) is 4.05. The fourth-order valence-corrected chi connectivity index (χ4v) is 4.05. The highest BCUT2D eigenvalue weighted by molar-refractivity contribution is 6.00. The summed E-state index contributed by atoms with van der Waals surface area (Å²) < 4.78 is 11.8. The predicted octanol–water partition coefficient (Wildman–Crippen LogP) is 4.28. The minimum Gasteiger partial charge on any atom is -0.494 e. The zero-order valence-corrected chi connectivity index (χ0v) is 21.0. The largest absolute Gasteiger partial charge is 0.494 e. The number of amides is 1. The van der Waals surface area contributed by atoms with E-state index in [0.29, 0.717) is 37.6 Å². The van der Waals surface area contributed by atoms with Crippen molar-refractivity contribution in [3.8, 4) is 5.75 Å². The van der Waals surface area contributed by atoms with Crippen LogP contribution in [0.4, 0.5) is 0 Å². The fraction of sp³-hybridized carbons (Fsp3) is 0.267. The summed E-state index contributed by atoms with van der Waals surface area (Å²) in [4.78, 5) is 18.4. The van der Waals surface area contributed by atoms with Gasteiger partial charge in [0.1, 0.15) is 11.9 Å². The molecule has 3 aromatic carbocycles. The number of hydrogen-bond donors (Lipinski definition) is 3. The average Bonchev–Trinajstić information content (AvgIpc) is 3.27. The maximum Gasteiger partial charge on any atom is 0.266 e. The Morgan fingerprint density at radius 1 is 1.05 bits per heavy atom. The molecule has 0 fully saturated rings. The highest BCUT2D eigenvalue weighted by atomic mass is 16.5. The topological polar surface area (TPSA) is 92.2 Å². The molecule has 0 radical (unpaired) electrons. The number of aliphatic hydroxyl groups is 1. The van der Waals surface area contributed by atoms with Gasteiger partial charge in [0.05, 0.1) is 6.61 Å². The van der Waals surface area contributed by atoms with Crippen LogP contribution in [0.25, 0.3) is 6.08 Å². The Balaban J connectivity index is 1.52. The zero-order valence-electron chi connectivity index (χ0n) is 21.0. The molecule has 3 N–H and O–H groups in total. The molecular weight excluding hydrogens is 466 g/mol. The number of hydrazine groups is 1. The summed E-state index contributed by atoms with van der Waals surface area (Å²) in [6.07, 6.45) is 4.42. The SMILES string of the molecule is C[C@@H]1OC(c2ccc(OCCCO)cc2)=N[C@]1(C/C=C/c1ccccc1)C(=O)NNCc1ccccc1. The van der Waals surface area contributed by atoms with Gasteiger partial charge in [0.25, 0.3) is 5.91 Å². The number of nitrogens with zero attached hydrogens (tertiary/aromatic N) is 1. The van der Waals surface area contributed by atoms with Gasteiger partial charge in [-0.15, -0.1) is 0 Å². The van der Waals surface area contributed by atoms with Crippen LogP contribution in [0.2, 0.25) is 0 Å². The number of carbonyl (C=O) groups is 1. The van der Waals surface area contributed by atoms with Gasteiger partial charge in [-0.1, -0.05) is 72.8 Å². The number of hydrogen-bond acceptors (Lipinski definition) is 6. The molecule has 1 aliphatic heterocycles. The molecule has 7 nitrogen and oxygen atoms in total. The van der Waals surface area contributed by atoms with Crippen molar-refractivity contribution >= 4 is 17.9 Å². The zero-order chi connectivity index (χ0) is 25.9. The first-order valence-corrected chi connectivity index (χ1v) is 12.5. The Hall–Kier alpha value is -3.94. The van der Waals surface area contributed by atoms with Gasteiger partial charge in [-0.25, -0.2) is 10.4 Å². The second kappa shape index (κ2) is 12.9. The van der Waals surface area contributed by atoms with Crippen LogP contribution in [0.5, 0.6) is 5.75 Å². The van der Waals surface area contributed by atoms with Crippen LogP contribution in [0.3, 0.4) is 0 Å². The molecule has 37 heavy (non-hydrogen) atoms. The standard InChI is InChI=1S/C30H33N3O4/c1-23-30(19-8-14-24-10-4-2-5-11-24,29(35)33-31-22-25-12-6-3-7-13-25)32-28(37-23)26-15-17-27(18-16-26)36-21-9-20-34/h2-8,10-18,23,31,34H,9,19-22H2,1H3,(H,33,35)/b14-8+/t23-,30-/m0/s1. The Bertz CT molecular complexity index is 1200. The van der Waals surface area contributed by atoms with E-state index >= 15 is 0 Å². The lowest BCUT2D eigenvalue weighted by Gasteiger charge is -2.27. The Labute approximate surface area is 217 Å². The van der Waals surface area contributed by atoms with Crippen LogP contribution in [-0.2, 0) is 16.1 Å². The molecule has 4 rings (SSSR count). The van der Waals surface area contributed by atoms with Gasteiger partial charge in [-0.3, -0.25) is 10.2 Å². The number of nitrogens with one attached hydrogen (secondary N) is 2. The molecule has 0 saturated carbocycles. The summed E-state index contributed by atoms with van der Waals surface area (Å²) in [5.41, 5.74) is 7.62. The second-order valence-electron chi connectivity index (χ2n) is 8.86. The van der Waals surface area contributed by atoms with E-state index in [9.17, 15) is 4.79 Å². The molecule has 0 unspecified atom stereocenters. The van der Waals surface area contributed by atoms with E-state index in [1.165, 1.54) is 0 Å². The Morgan fingerprint density at radius 2 is 1.76 bits per heavy atom. The summed E-state index contributed by atoms with van der Waals surface area (Å²) in [6.45, 7) is 2.89. The number of benzene rings is 3. The van der Waals surface area contributed by atoms with E-state index in [4.69, 9.17) is 19.6 Å². The number of aliphatic imine (C=N–C) groups is 1. The molecule has 2 atom stereocenters. The summed E-state index contributed by atoms with van der Waals surface area (Å²) >= 11 is 0. The van der Waals surface area contributed by atoms with Crippen LogP contribution in [0.15, 0.2) is 96.0 Å². The minimum atomic E-state index is -1.14. The number of rotatable bonds is 12. The third-order valence-electron chi connectivity index (χ3n) is 6.20. The van der Waals surface area contributed by atoms with Gasteiger partial charge in [0, 0.05) is 31.6 Å². The van der Waals surface area contributed by atoms with E-state index in [1.807, 2.05) is 104 Å². The van der Waals surface area contributed by atoms with Crippen molar-refractivity contribution in [1.82, 2.24) is 10.9 Å². The van der Waals surface area contributed by atoms with Crippen molar-refractivity contribution < 1.29 is 19.4 Å². The molecule has 0 aromatic heterocycles. The summed E-state index contributed by atoms with van der Waals surface area (Å²) in [6, 6.07) is 27.2. The molecule has 3 aromatic rings. The normalized spacial score (nSPS) is 18.9. The lowest BCUT2D eigenvalue weighted by Crippen LogP contribution is -2.54. The summed E-state index contributed by atoms with van der Waals surface area (Å²) in [5.74, 6) is 0.858. The third-order valence-corrected chi connectivity index (χ3v) is 6.20. The maximum absolute atomic E-state index is 13.6. The predicted molar refractivity (Wildman–Crippen MR) is 145 cm³/mol. The smallest absolute Gasteiger partial charge is 0.266 e. The molecule has 0 saturated heterocycles. The van der Waals surface area contributed by atoms with Crippen LogP contribution < -0.4 is 15.6 Å². The number of aliphatic hydroxyl groups excluding tert-OH is 1. The van der Waals surface area contributed by atoms with E-state index in [0.717, 1.165) is 16.7 Å². The van der Waals surface area contributed by atoms with Crippen molar-refractivity contribution in [3.63, 3.8) is 0 Å². The first-order valence-electron chi connectivity index (χ1n) is 12.5. The van der Waals surface area contributed by atoms with E-state index in [1.54, 1.807) is 0 Å². The Kier molecular flexibility index (Phi) is 9.08. The van der Waals surface area contributed by atoms with Crippen LogP contribution in [0, 0.1) is 0 Å². The lowest BCUT2D eigenvalue weighted by atomic mass is 9.89. The van der Waals surface area contributed by atoms with Crippen molar-refractivity contribution in [1.29, 1.82) is 0 Å². The van der Waals surface area contributed by atoms with Gasteiger partial charge >= 0.3 is 0 Å². The quantitative estimate of drug-likeness (QED) is 0.256. The summed E-state index contributed by atoms with van der Waals surface area (Å²) in [7, 11) is 0. The highest BCUT2D eigenvalue weighted by Gasteiger charge is 2.49. The molecule has 1 aliphatic rings. The highest BCUT2D eigenvalue weighted by Crippen LogP contribution is 2.33. The van der Waals surface area contributed by atoms with Crippen LogP contribution in [-0.4, -0.2) is 41.8 Å². The number of ether oxygens (including phenoxy) is 2. The average molecular weight is 500 g/mol. The molecule has 0 bridgehead atoms. The molecule has 7 heteroatoms. The lowest BCUT2D eigenvalue weighted by molar-refractivity contribution is -0.129. The minimum absolute atomic E-state index is 0.0870. The maximum atomic E-state index is 13.6. The van der Waals surface area contributed by atoms with Gasteiger partial charge in [0.15, 0.2) is 5.54 Å². The van der Waals surface area contributed by atoms with E-state index < -0.39 is 11.6 Å². The summed E-state index contributed by atoms with van der Waals surface area (Å²) in [5, 5.41) is 8.93. The van der Waals surface area contributed by atoms with Crippen molar-refractivity contribution in [2.24, 2.45) is 4.99 Å². The first-order chi connectivity index (χ1) is 18.1. The third kappa shape index (κ3) is 6.84. The molecule has 0 aliphatic carbocycles. The van der Waals surface area contributed by atoms with Crippen molar-refractivity contribution in [2.45, 2.75) is 38.0 Å². The molecular formula is C30H33N3O4. The van der Waals surface area contributed by atoms with E-state index in [-0.39, 0.29) is 12.5 Å². The first kappa shape index (κ1) is 26.1. The van der Waals surface area contributed by atoms with Crippen molar-refractivity contribution in [3.05, 3.63) is 108 Å². The van der Waals surface area contributed by atoms with Gasteiger partial charge < -0.3 is 14.6 Å². The van der Waals surface area contributed by atoms with Crippen molar-refractivity contribution in [2.75, 3.05) is 13.2 Å². The van der Waals surface area contributed by atoms with Gasteiger partial charge in [-0.2, -0.15) is 0 Å². The van der Waals surface area contributed by atoms with E-state index in [2.05, 4.69) is 10.9 Å². The monoisotopic (exact) mass is 499 g/mol. The molecule has 0 spiro atoms. The van der Waals surface area contributed by atoms with Gasteiger partial charge in [0.2, 0.25) is 5.90 Å². The molecule has 1 amide bonds.